The average Bonchev–Trinajstić information content (AvgIpc) is 2.19. The molecule has 2 atom stereocenters. The van der Waals surface area contributed by atoms with Crippen LogP contribution in [-0.4, -0.2) is 34.6 Å². The van der Waals surface area contributed by atoms with E-state index >= 15 is 0 Å². The van der Waals surface area contributed by atoms with Gasteiger partial charge in [0.05, 0.1) is 11.8 Å². The zero-order valence-corrected chi connectivity index (χ0v) is 11.0. The molecule has 14 heavy (non-hydrogen) atoms. The Morgan fingerprint density at radius 3 is 2.00 bits per heavy atom. The molecule has 0 saturated heterocycles. The molecule has 0 rings (SSSR count). The van der Waals surface area contributed by atoms with Crippen LogP contribution >= 0.6 is 0 Å². The van der Waals surface area contributed by atoms with Gasteiger partial charge in [-0.05, 0) is 19.4 Å². The van der Waals surface area contributed by atoms with Gasteiger partial charge in [-0.1, -0.05) is 13.8 Å². The molecule has 0 radical (unpaired) electrons. The van der Waals surface area contributed by atoms with Crippen molar-refractivity contribution >= 4 is 8.56 Å². The van der Waals surface area contributed by atoms with Crippen molar-refractivity contribution in [2.75, 3.05) is 14.2 Å². The van der Waals surface area contributed by atoms with E-state index in [1.807, 2.05) is 6.92 Å². The largest absolute Gasteiger partial charge is 0.397 e. The molecule has 0 bridgehead atoms. The van der Waals surface area contributed by atoms with Crippen LogP contribution in [0.4, 0.5) is 0 Å². The Morgan fingerprint density at radius 2 is 1.79 bits per heavy atom. The van der Waals surface area contributed by atoms with Crippen molar-refractivity contribution in [3.63, 3.8) is 0 Å². The molecule has 0 fully saturated rings. The van der Waals surface area contributed by atoms with Crippen molar-refractivity contribution in [1.29, 1.82) is 0 Å². The molecule has 0 spiro atoms. The summed E-state index contributed by atoms with van der Waals surface area (Å²) < 4.78 is 11.2. The minimum absolute atomic E-state index is 0.0244. The number of nitrogens with two attached hydrogens (primary N) is 1. The van der Waals surface area contributed by atoms with Crippen LogP contribution in [0.1, 0.15) is 27.2 Å². The molecule has 0 heterocycles. The molecule has 0 aliphatic heterocycles. The van der Waals surface area contributed by atoms with Crippen LogP contribution < -0.4 is 11.1 Å². The zero-order valence-electron chi connectivity index (χ0n) is 9.96. The van der Waals surface area contributed by atoms with Gasteiger partial charge in [0.1, 0.15) is 0 Å². The van der Waals surface area contributed by atoms with Gasteiger partial charge in [-0.25, -0.2) is 0 Å². The summed E-state index contributed by atoms with van der Waals surface area (Å²) in [7, 11) is 1.35. The van der Waals surface area contributed by atoms with E-state index in [9.17, 15) is 0 Å². The maximum atomic E-state index is 5.73. The number of hydrogen-bond acceptors (Lipinski definition) is 4. The highest BCUT2D eigenvalue weighted by atomic mass is 28.4. The van der Waals surface area contributed by atoms with Crippen molar-refractivity contribution < 1.29 is 8.85 Å². The molecule has 0 aromatic carbocycles. The Labute approximate surface area is 88.4 Å². The minimum atomic E-state index is -2.10. The lowest BCUT2D eigenvalue weighted by Crippen LogP contribution is -2.61. The molecule has 0 aromatic heterocycles. The van der Waals surface area contributed by atoms with Crippen LogP contribution in [0.2, 0.25) is 6.04 Å². The lowest BCUT2D eigenvalue weighted by Gasteiger charge is -2.35. The number of hydrogen-bond donors (Lipinski definition) is 2. The highest BCUT2D eigenvalue weighted by Gasteiger charge is 2.42. The van der Waals surface area contributed by atoms with E-state index < -0.39 is 8.56 Å². The lowest BCUT2D eigenvalue weighted by molar-refractivity contribution is 0.218. The Hall–Kier alpha value is 0.0569. The Kier molecular flexibility index (Phi) is 6.55. The van der Waals surface area contributed by atoms with Gasteiger partial charge >= 0.3 is 8.56 Å². The summed E-state index contributed by atoms with van der Waals surface area (Å²) in [6.07, 6.45) is 0.951. The van der Waals surface area contributed by atoms with E-state index in [-0.39, 0.29) is 11.8 Å². The Bertz CT molecular complexity index is 143. The topological polar surface area (TPSA) is 56.5 Å². The second-order valence-corrected chi connectivity index (χ2v) is 7.33. The van der Waals surface area contributed by atoms with E-state index in [0.717, 1.165) is 12.5 Å². The van der Waals surface area contributed by atoms with Crippen LogP contribution in [0.15, 0.2) is 0 Å². The summed E-state index contributed by atoms with van der Waals surface area (Å²) in [6.45, 7) is 6.16. The van der Waals surface area contributed by atoms with Crippen molar-refractivity contribution in [1.82, 2.24) is 5.32 Å². The second kappa shape index (κ2) is 6.52. The molecule has 3 N–H and O–H groups in total. The average molecular weight is 220 g/mol. The zero-order chi connectivity index (χ0) is 11.2. The molecule has 5 heteroatoms. The summed E-state index contributed by atoms with van der Waals surface area (Å²) in [5.41, 5.74) is 5.98. The van der Waals surface area contributed by atoms with Gasteiger partial charge in [-0.2, -0.15) is 0 Å². The maximum absolute atomic E-state index is 5.73. The molecular formula is C9H24N2O2Si. The smallest absolute Gasteiger partial charge is 0.354 e. The maximum Gasteiger partial charge on any atom is 0.354 e. The molecule has 0 aliphatic carbocycles. The summed E-state index contributed by atoms with van der Waals surface area (Å²) in [5, 5.41) is 3.31. The minimum Gasteiger partial charge on any atom is -0.397 e. The van der Waals surface area contributed by atoms with E-state index in [1.54, 1.807) is 14.2 Å². The van der Waals surface area contributed by atoms with Crippen molar-refractivity contribution in [2.45, 2.75) is 45.1 Å². The molecule has 0 amide bonds. The van der Waals surface area contributed by atoms with Gasteiger partial charge < -0.3 is 14.6 Å². The fraction of sp³-hybridized carbons (Fsp3) is 1.00. The van der Waals surface area contributed by atoms with Crippen molar-refractivity contribution in [3.05, 3.63) is 0 Å². The van der Waals surface area contributed by atoms with Crippen LogP contribution in [0, 0.1) is 0 Å². The van der Waals surface area contributed by atoms with Crippen LogP contribution in [0.5, 0.6) is 0 Å². The van der Waals surface area contributed by atoms with Gasteiger partial charge in [0, 0.05) is 14.2 Å². The quantitative estimate of drug-likeness (QED) is 0.495. The standard InChI is InChI=1S/C9H24N2O2Si/c1-6-9(11-8(3)10)14(7-2,12-4)13-5/h8-9,11H,6-7,10H2,1-5H3. The SMILES string of the molecule is CCC(NC(C)N)[Si](CC)(OC)OC. The summed E-state index contributed by atoms with van der Waals surface area (Å²) >= 11 is 0. The van der Waals surface area contributed by atoms with E-state index in [2.05, 4.69) is 19.2 Å². The van der Waals surface area contributed by atoms with Crippen LogP contribution in [-0.2, 0) is 8.85 Å². The lowest BCUT2D eigenvalue weighted by atomic mass is 10.4. The third-order valence-electron chi connectivity index (χ3n) is 2.59. The first-order valence-corrected chi connectivity index (χ1v) is 7.28. The van der Waals surface area contributed by atoms with Gasteiger partial charge in [0.25, 0.3) is 0 Å². The summed E-state index contributed by atoms with van der Waals surface area (Å²) in [4.78, 5) is 0. The fourth-order valence-corrected chi connectivity index (χ4v) is 4.72. The van der Waals surface area contributed by atoms with Crippen molar-refractivity contribution in [2.24, 2.45) is 5.73 Å². The molecular weight excluding hydrogens is 196 g/mol. The molecule has 0 aliphatic rings. The van der Waals surface area contributed by atoms with E-state index in [4.69, 9.17) is 14.6 Å². The summed E-state index contributed by atoms with van der Waals surface area (Å²) in [6, 6.07) is 0.929. The molecule has 86 valence electrons. The van der Waals surface area contributed by atoms with E-state index in [0.29, 0.717) is 0 Å². The Morgan fingerprint density at radius 1 is 1.29 bits per heavy atom. The molecule has 4 nitrogen and oxygen atoms in total. The first-order valence-electron chi connectivity index (χ1n) is 5.18. The third kappa shape index (κ3) is 3.32. The highest BCUT2D eigenvalue weighted by Crippen LogP contribution is 2.18. The monoisotopic (exact) mass is 220 g/mol. The second-order valence-electron chi connectivity index (χ2n) is 3.49. The Balaban J connectivity index is 4.56. The molecule has 0 aromatic rings. The third-order valence-corrected chi connectivity index (χ3v) is 6.59. The van der Waals surface area contributed by atoms with Crippen LogP contribution in [0.3, 0.4) is 0 Å². The first kappa shape index (κ1) is 14.1. The number of nitrogens with one attached hydrogen (secondary N) is 1. The fourth-order valence-electron chi connectivity index (χ4n) is 1.78. The predicted octanol–water partition coefficient (Wildman–Crippen LogP) is 0.953. The highest BCUT2D eigenvalue weighted by molar-refractivity contribution is 6.69. The van der Waals surface area contributed by atoms with Gasteiger partial charge in [-0.15, -0.1) is 0 Å². The van der Waals surface area contributed by atoms with E-state index in [1.165, 1.54) is 0 Å². The van der Waals surface area contributed by atoms with Crippen molar-refractivity contribution in [3.8, 4) is 0 Å². The molecule has 2 unspecified atom stereocenters. The van der Waals surface area contributed by atoms with Gasteiger partial charge in [0.2, 0.25) is 0 Å². The van der Waals surface area contributed by atoms with Gasteiger partial charge in [-0.3, -0.25) is 5.32 Å². The summed E-state index contributed by atoms with van der Waals surface area (Å²) in [5.74, 6) is 0. The number of rotatable bonds is 7. The van der Waals surface area contributed by atoms with Crippen LogP contribution in [0.25, 0.3) is 0 Å². The normalized spacial score (nSPS) is 16.7. The first-order chi connectivity index (χ1) is 6.56. The predicted molar refractivity (Wildman–Crippen MR) is 61.1 cm³/mol. The van der Waals surface area contributed by atoms with Gasteiger partial charge in [0.15, 0.2) is 0 Å². The molecule has 0 saturated carbocycles.